The Morgan fingerprint density at radius 3 is 2.55 bits per heavy atom. The van der Waals surface area contributed by atoms with E-state index < -0.39 is 23.8 Å². The second kappa shape index (κ2) is 5.76. The van der Waals surface area contributed by atoms with Gasteiger partial charge in [-0.05, 0) is 18.6 Å². The van der Waals surface area contributed by atoms with Crippen molar-refractivity contribution in [1.82, 2.24) is 15.2 Å². The molecule has 1 aliphatic rings. The summed E-state index contributed by atoms with van der Waals surface area (Å²) in [6, 6.07) is 2.00. The Kier molecular flexibility index (Phi) is 4.25. The second-order valence-electron chi connectivity index (χ2n) is 4.27. The Bertz CT molecular complexity index is 571. The average molecular weight is 316 g/mol. The van der Waals surface area contributed by atoms with Gasteiger partial charge in [0.2, 0.25) is 11.8 Å². The topological polar surface area (TPSA) is 79.4 Å². The lowest BCUT2D eigenvalue weighted by Crippen LogP contribution is -2.59. The van der Waals surface area contributed by atoms with Gasteiger partial charge in [-0.1, -0.05) is 30.1 Å². The number of pyridine rings is 1. The molecule has 0 aromatic carbocycles. The molecular formula is C12H11Cl2N3O3. The van der Waals surface area contributed by atoms with Crippen LogP contribution in [0.2, 0.25) is 10.3 Å². The van der Waals surface area contributed by atoms with Crippen LogP contribution in [0.3, 0.4) is 0 Å². The molecule has 1 aromatic rings. The van der Waals surface area contributed by atoms with Crippen LogP contribution in [0, 0.1) is 0 Å². The van der Waals surface area contributed by atoms with Crippen molar-refractivity contribution in [3.63, 3.8) is 0 Å². The zero-order valence-electron chi connectivity index (χ0n) is 10.5. The first-order valence-corrected chi connectivity index (χ1v) is 6.65. The molecule has 2 heterocycles. The van der Waals surface area contributed by atoms with Gasteiger partial charge in [0.25, 0.3) is 5.91 Å². The number of carbonyl (C=O) groups excluding carboxylic acids is 3. The molecule has 3 amide bonds. The molecule has 8 heteroatoms. The quantitative estimate of drug-likeness (QED) is 0.658. The standard InChI is InChI=1S/C12H11Cl2N3O3/c1-2-7-11(19)16-10(18)5-17(7)12(20)6-3-8(13)15-9(14)4-6/h3-4,7H,2,5H2,1H3,(H,16,18,19). The number of rotatable bonds is 2. The SMILES string of the molecule is CCC1C(=O)NC(=O)CN1C(=O)c1cc(Cl)nc(Cl)c1. The van der Waals surface area contributed by atoms with E-state index in [0.717, 1.165) is 0 Å². The van der Waals surface area contributed by atoms with Gasteiger partial charge >= 0.3 is 0 Å². The molecule has 1 fully saturated rings. The van der Waals surface area contributed by atoms with Crippen LogP contribution in [0.5, 0.6) is 0 Å². The Morgan fingerprint density at radius 1 is 1.40 bits per heavy atom. The Labute approximate surface area is 125 Å². The number of nitrogens with one attached hydrogen (secondary N) is 1. The van der Waals surface area contributed by atoms with E-state index in [1.807, 2.05) is 0 Å². The third kappa shape index (κ3) is 2.91. The molecule has 106 valence electrons. The molecule has 0 bridgehead atoms. The summed E-state index contributed by atoms with van der Waals surface area (Å²) in [6.45, 7) is 1.58. The molecule has 1 atom stereocenters. The molecule has 2 rings (SSSR count). The van der Waals surface area contributed by atoms with Crippen LogP contribution in [0.15, 0.2) is 12.1 Å². The first kappa shape index (κ1) is 14.7. The average Bonchev–Trinajstić information content (AvgIpc) is 2.35. The highest BCUT2D eigenvalue weighted by Gasteiger charge is 2.36. The number of carbonyl (C=O) groups is 3. The highest BCUT2D eigenvalue weighted by atomic mass is 35.5. The minimum Gasteiger partial charge on any atom is -0.317 e. The summed E-state index contributed by atoms with van der Waals surface area (Å²) in [4.78, 5) is 40.5. The number of imide groups is 1. The van der Waals surface area contributed by atoms with E-state index >= 15 is 0 Å². The highest BCUT2D eigenvalue weighted by molar-refractivity contribution is 6.33. The van der Waals surface area contributed by atoms with E-state index in [1.54, 1.807) is 6.92 Å². The van der Waals surface area contributed by atoms with Gasteiger partial charge in [-0.15, -0.1) is 0 Å². The van der Waals surface area contributed by atoms with E-state index in [9.17, 15) is 14.4 Å². The number of hydrogen-bond donors (Lipinski definition) is 1. The number of aromatic nitrogens is 1. The molecule has 1 saturated heterocycles. The number of amides is 3. The molecule has 0 spiro atoms. The van der Waals surface area contributed by atoms with Crippen LogP contribution in [0.4, 0.5) is 0 Å². The monoisotopic (exact) mass is 315 g/mol. The van der Waals surface area contributed by atoms with Crippen molar-refractivity contribution in [1.29, 1.82) is 0 Å². The molecule has 0 aliphatic carbocycles. The maximum atomic E-state index is 12.4. The second-order valence-corrected chi connectivity index (χ2v) is 5.05. The van der Waals surface area contributed by atoms with Crippen LogP contribution >= 0.6 is 23.2 Å². The molecule has 1 unspecified atom stereocenters. The van der Waals surface area contributed by atoms with Gasteiger partial charge in [0.15, 0.2) is 0 Å². The number of halogens is 2. The minimum absolute atomic E-state index is 0.0710. The molecule has 0 radical (unpaired) electrons. The fourth-order valence-corrected chi connectivity index (χ4v) is 2.50. The van der Waals surface area contributed by atoms with Crippen LogP contribution in [-0.2, 0) is 9.59 Å². The van der Waals surface area contributed by atoms with Gasteiger partial charge in [-0.2, -0.15) is 0 Å². The van der Waals surface area contributed by atoms with Crippen LogP contribution in [0.25, 0.3) is 0 Å². The fraction of sp³-hybridized carbons (Fsp3) is 0.333. The van der Waals surface area contributed by atoms with E-state index in [4.69, 9.17) is 23.2 Å². The van der Waals surface area contributed by atoms with Gasteiger partial charge in [-0.25, -0.2) is 4.98 Å². The predicted octanol–water partition coefficient (Wildman–Crippen LogP) is 1.27. The number of piperazine rings is 1. The van der Waals surface area contributed by atoms with E-state index in [1.165, 1.54) is 17.0 Å². The van der Waals surface area contributed by atoms with Crippen LogP contribution in [-0.4, -0.2) is 40.2 Å². The molecular weight excluding hydrogens is 305 g/mol. The summed E-state index contributed by atoms with van der Waals surface area (Å²) in [5, 5.41) is 2.35. The summed E-state index contributed by atoms with van der Waals surface area (Å²) in [5.74, 6) is -1.48. The maximum Gasteiger partial charge on any atom is 0.255 e. The molecule has 20 heavy (non-hydrogen) atoms. The van der Waals surface area contributed by atoms with Gasteiger partial charge in [0.05, 0.1) is 0 Å². The lowest BCUT2D eigenvalue weighted by molar-refractivity contribution is -0.138. The van der Waals surface area contributed by atoms with Crippen molar-refractivity contribution >= 4 is 40.9 Å². The fourth-order valence-electron chi connectivity index (χ4n) is 2.04. The maximum absolute atomic E-state index is 12.4. The zero-order chi connectivity index (χ0) is 14.9. The summed E-state index contributed by atoms with van der Waals surface area (Å²) >= 11 is 11.5. The van der Waals surface area contributed by atoms with E-state index in [2.05, 4.69) is 10.3 Å². The lowest BCUT2D eigenvalue weighted by Gasteiger charge is -2.33. The van der Waals surface area contributed by atoms with Crippen molar-refractivity contribution in [3.05, 3.63) is 28.0 Å². The van der Waals surface area contributed by atoms with E-state index in [0.29, 0.717) is 6.42 Å². The largest absolute Gasteiger partial charge is 0.317 e. The first-order valence-electron chi connectivity index (χ1n) is 5.90. The van der Waals surface area contributed by atoms with Crippen molar-refractivity contribution in [2.24, 2.45) is 0 Å². The minimum atomic E-state index is -0.689. The Morgan fingerprint density at radius 2 is 2.00 bits per heavy atom. The lowest BCUT2D eigenvalue weighted by atomic mass is 10.1. The van der Waals surface area contributed by atoms with Gasteiger partial charge < -0.3 is 4.90 Å². The van der Waals surface area contributed by atoms with Crippen molar-refractivity contribution in [2.75, 3.05) is 6.54 Å². The molecule has 1 aliphatic heterocycles. The summed E-state index contributed by atoms with van der Waals surface area (Å²) < 4.78 is 0. The van der Waals surface area contributed by atoms with Crippen LogP contribution in [0.1, 0.15) is 23.7 Å². The van der Waals surface area contributed by atoms with Crippen molar-refractivity contribution in [2.45, 2.75) is 19.4 Å². The Balaban J connectivity index is 2.34. The van der Waals surface area contributed by atoms with Gasteiger partial charge in [0, 0.05) is 5.56 Å². The number of nitrogens with zero attached hydrogens (tertiary/aromatic N) is 2. The predicted molar refractivity (Wildman–Crippen MR) is 72.5 cm³/mol. The normalized spacial score (nSPS) is 18.9. The molecule has 0 saturated carbocycles. The summed E-state index contributed by atoms with van der Waals surface area (Å²) in [7, 11) is 0. The molecule has 1 N–H and O–H groups in total. The zero-order valence-corrected chi connectivity index (χ0v) is 12.0. The third-order valence-electron chi connectivity index (χ3n) is 2.91. The summed E-state index contributed by atoms with van der Waals surface area (Å²) in [6.07, 6.45) is 0.400. The molecule has 6 nitrogen and oxygen atoms in total. The van der Waals surface area contributed by atoms with Gasteiger partial charge in [-0.3, -0.25) is 19.7 Å². The first-order chi connectivity index (χ1) is 9.42. The number of hydrogen-bond acceptors (Lipinski definition) is 4. The summed E-state index contributed by atoms with van der Waals surface area (Å²) in [5.41, 5.74) is 0.191. The van der Waals surface area contributed by atoms with Crippen molar-refractivity contribution < 1.29 is 14.4 Å². The van der Waals surface area contributed by atoms with Crippen molar-refractivity contribution in [3.8, 4) is 0 Å². The smallest absolute Gasteiger partial charge is 0.255 e. The highest BCUT2D eigenvalue weighted by Crippen LogP contribution is 2.19. The Hall–Kier alpha value is -1.66. The van der Waals surface area contributed by atoms with Crippen LogP contribution < -0.4 is 5.32 Å². The third-order valence-corrected chi connectivity index (χ3v) is 3.30. The molecule has 1 aromatic heterocycles. The van der Waals surface area contributed by atoms with Gasteiger partial charge in [0.1, 0.15) is 22.9 Å². The van der Waals surface area contributed by atoms with E-state index in [-0.39, 0.29) is 22.4 Å².